The number of esters is 1. The lowest BCUT2D eigenvalue weighted by atomic mass is 9.77. The minimum Gasteiger partial charge on any atom is -0.456 e. The molecule has 0 aliphatic carbocycles. The molecule has 0 aromatic heterocycles. The maximum absolute atomic E-state index is 13.7. The number of anilines is 2. The summed E-state index contributed by atoms with van der Waals surface area (Å²) in [7, 11) is 1.78. The number of carbonyl (C=O) groups is 2. The van der Waals surface area contributed by atoms with Crippen molar-refractivity contribution in [2.75, 3.05) is 29.9 Å². The second-order valence-corrected chi connectivity index (χ2v) is 10.9. The average Bonchev–Trinajstić information content (AvgIpc) is 3.25. The largest absolute Gasteiger partial charge is 0.456 e. The molecule has 1 unspecified atom stereocenters. The number of nitrogens with zero attached hydrogens (tertiary/aromatic N) is 2. The third-order valence-electron chi connectivity index (χ3n) is 8.42. The van der Waals surface area contributed by atoms with Crippen LogP contribution in [0.4, 0.5) is 11.4 Å². The predicted molar refractivity (Wildman–Crippen MR) is 162 cm³/mol. The first-order valence-electron chi connectivity index (χ1n) is 14.1. The highest BCUT2D eigenvalue weighted by atomic mass is 16.6. The van der Waals surface area contributed by atoms with E-state index in [4.69, 9.17) is 9.47 Å². The number of aryl methyl sites for hydroxylation is 3. The van der Waals surface area contributed by atoms with Crippen molar-refractivity contribution < 1.29 is 19.1 Å². The number of benzene rings is 4. The second-order valence-electron chi connectivity index (χ2n) is 10.9. The Morgan fingerprint density at radius 2 is 1.54 bits per heavy atom. The van der Waals surface area contributed by atoms with Crippen molar-refractivity contribution in [2.24, 2.45) is 0 Å². The summed E-state index contributed by atoms with van der Waals surface area (Å²) in [5.41, 5.74) is 6.86. The quantitative estimate of drug-likeness (QED) is 0.246. The van der Waals surface area contributed by atoms with E-state index >= 15 is 0 Å². The van der Waals surface area contributed by atoms with Gasteiger partial charge in [0.25, 0.3) is 5.91 Å². The fourth-order valence-electron chi connectivity index (χ4n) is 6.29. The van der Waals surface area contributed by atoms with E-state index in [1.165, 1.54) is 0 Å². The van der Waals surface area contributed by atoms with Gasteiger partial charge < -0.3 is 19.3 Å². The summed E-state index contributed by atoms with van der Waals surface area (Å²) in [4.78, 5) is 31.0. The average molecular weight is 547 g/mol. The van der Waals surface area contributed by atoms with Crippen LogP contribution in [0.25, 0.3) is 0 Å². The lowest BCUT2D eigenvalue weighted by Gasteiger charge is -2.38. The highest BCUT2D eigenvalue weighted by Gasteiger charge is 2.53. The molecular formula is C35H34N2O4. The van der Waals surface area contributed by atoms with Crippen LogP contribution in [0.15, 0.2) is 72.8 Å². The summed E-state index contributed by atoms with van der Waals surface area (Å²) in [5.74, 6) is 0.768. The van der Waals surface area contributed by atoms with Crippen molar-refractivity contribution in [2.45, 2.75) is 40.2 Å². The molecule has 2 heterocycles. The summed E-state index contributed by atoms with van der Waals surface area (Å²) >= 11 is 0. The van der Waals surface area contributed by atoms with E-state index in [1.54, 1.807) is 18.0 Å². The molecule has 6 heteroatoms. The maximum Gasteiger partial charge on any atom is 0.340 e. The van der Waals surface area contributed by atoms with Crippen molar-refractivity contribution in [3.63, 3.8) is 0 Å². The topological polar surface area (TPSA) is 59.1 Å². The molecular weight excluding hydrogens is 512 g/mol. The van der Waals surface area contributed by atoms with Gasteiger partial charge in [-0.2, -0.15) is 0 Å². The summed E-state index contributed by atoms with van der Waals surface area (Å²) in [6.07, 6.45) is 0. The van der Waals surface area contributed by atoms with Crippen molar-refractivity contribution in [3.05, 3.63) is 117 Å². The van der Waals surface area contributed by atoms with Gasteiger partial charge in [-0.05, 0) is 82.1 Å². The van der Waals surface area contributed by atoms with Gasteiger partial charge in [0.2, 0.25) is 0 Å². The van der Waals surface area contributed by atoms with Crippen molar-refractivity contribution in [1.29, 1.82) is 0 Å². The Labute approximate surface area is 241 Å². The number of ether oxygens (including phenoxy) is 2. The van der Waals surface area contributed by atoms with Gasteiger partial charge in [0.1, 0.15) is 11.5 Å². The second kappa shape index (κ2) is 9.81. The van der Waals surface area contributed by atoms with E-state index in [0.29, 0.717) is 28.2 Å². The fourth-order valence-corrected chi connectivity index (χ4v) is 6.29. The van der Waals surface area contributed by atoms with E-state index in [9.17, 15) is 9.59 Å². The van der Waals surface area contributed by atoms with Gasteiger partial charge in [-0.1, -0.05) is 35.9 Å². The van der Waals surface area contributed by atoms with E-state index in [1.807, 2.05) is 81.4 Å². The van der Waals surface area contributed by atoms with Crippen LogP contribution in [0.1, 0.15) is 67.9 Å². The molecule has 4 aromatic carbocycles. The molecule has 0 radical (unpaired) electrons. The minimum atomic E-state index is -1.20. The molecule has 6 rings (SSSR count). The molecule has 2 aliphatic heterocycles. The summed E-state index contributed by atoms with van der Waals surface area (Å²) in [6, 6.07) is 23.3. The van der Waals surface area contributed by atoms with Gasteiger partial charge >= 0.3 is 5.97 Å². The van der Waals surface area contributed by atoms with Crippen molar-refractivity contribution in [3.8, 4) is 11.5 Å². The van der Waals surface area contributed by atoms with Gasteiger partial charge in [0.05, 0.1) is 5.56 Å². The molecule has 0 N–H and O–H groups in total. The standard InChI is InChI=1S/C35H34N2O4/c1-7-37(8-2)24-14-16-28-32(19-24)40-31-18-23(5)30(36(6)33(38)25-15-13-21(3)17-22(25)4)20-29(31)35(28)27-12-10-9-11-26(27)34(39)41-35/h9-20H,7-8H2,1-6H3. The molecule has 2 aliphatic rings. The van der Waals surface area contributed by atoms with Crippen molar-refractivity contribution in [1.82, 2.24) is 0 Å². The van der Waals surface area contributed by atoms with Gasteiger partial charge in [-0.15, -0.1) is 0 Å². The highest BCUT2D eigenvalue weighted by Crippen LogP contribution is 2.57. The summed E-state index contributed by atoms with van der Waals surface area (Å²) < 4.78 is 12.9. The zero-order valence-electron chi connectivity index (χ0n) is 24.4. The van der Waals surface area contributed by atoms with Crippen LogP contribution >= 0.6 is 0 Å². The number of rotatable bonds is 5. The third kappa shape index (κ3) is 4.00. The Kier molecular flexibility index (Phi) is 6.37. The Bertz CT molecular complexity index is 1720. The van der Waals surface area contributed by atoms with Crippen LogP contribution in [0.3, 0.4) is 0 Å². The fraction of sp³-hybridized carbons (Fsp3) is 0.257. The van der Waals surface area contributed by atoms with Crippen LogP contribution < -0.4 is 14.5 Å². The minimum absolute atomic E-state index is 0.107. The molecule has 1 spiro atoms. The number of carbonyl (C=O) groups excluding carboxylic acids is 2. The molecule has 4 aromatic rings. The normalized spacial score (nSPS) is 16.4. The number of hydrogen-bond donors (Lipinski definition) is 0. The molecule has 0 bridgehead atoms. The third-order valence-corrected chi connectivity index (χ3v) is 8.42. The lowest BCUT2D eigenvalue weighted by Crippen LogP contribution is -2.34. The van der Waals surface area contributed by atoms with Crippen LogP contribution in [0, 0.1) is 20.8 Å². The van der Waals surface area contributed by atoms with Crippen LogP contribution in [0.5, 0.6) is 11.5 Å². The molecule has 41 heavy (non-hydrogen) atoms. The molecule has 0 saturated heterocycles. The lowest BCUT2D eigenvalue weighted by molar-refractivity contribution is 0.0224. The van der Waals surface area contributed by atoms with Gasteiger partial charge in [0.15, 0.2) is 5.60 Å². The highest BCUT2D eigenvalue weighted by molar-refractivity contribution is 6.07. The monoisotopic (exact) mass is 546 g/mol. The van der Waals surface area contributed by atoms with Crippen LogP contribution in [0.2, 0.25) is 0 Å². The van der Waals surface area contributed by atoms with E-state index in [2.05, 4.69) is 24.8 Å². The van der Waals surface area contributed by atoms with E-state index in [-0.39, 0.29) is 11.9 Å². The first-order chi connectivity index (χ1) is 19.7. The molecule has 0 fully saturated rings. The molecule has 1 atom stereocenters. The first-order valence-corrected chi connectivity index (χ1v) is 14.1. The SMILES string of the molecule is CCN(CC)c1ccc2c(c1)Oc1cc(C)c(N(C)C(=O)c3ccc(C)cc3C)cc1C21OC(=O)c2ccccc21. The zero-order chi connectivity index (χ0) is 29.1. The number of amides is 1. The molecule has 208 valence electrons. The first kappa shape index (κ1) is 26.6. The number of fused-ring (bicyclic) bond motifs is 6. The van der Waals surface area contributed by atoms with Gasteiger partial charge in [-0.25, -0.2) is 4.79 Å². The molecule has 1 amide bonds. The Morgan fingerprint density at radius 1 is 0.805 bits per heavy atom. The van der Waals surface area contributed by atoms with Crippen LogP contribution in [-0.2, 0) is 10.3 Å². The molecule has 6 nitrogen and oxygen atoms in total. The molecule has 0 saturated carbocycles. The maximum atomic E-state index is 13.7. The summed E-state index contributed by atoms with van der Waals surface area (Å²) in [5, 5.41) is 0. The predicted octanol–water partition coefficient (Wildman–Crippen LogP) is 7.30. The smallest absolute Gasteiger partial charge is 0.340 e. The van der Waals surface area contributed by atoms with E-state index < -0.39 is 5.60 Å². The van der Waals surface area contributed by atoms with Crippen LogP contribution in [-0.4, -0.2) is 32.0 Å². The van der Waals surface area contributed by atoms with E-state index in [0.717, 1.165) is 52.3 Å². The van der Waals surface area contributed by atoms with Gasteiger partial charge in [-0.3, -0.25) is 4.79 Å². The summed E-state index contributed by atoms with van der Waals surface area (Å²) in [6.45, 7) is 11.9. The van der Waals surface area contributed by atoms with Gasteiger partial charge in [0, 0.05) is 59.8 Å². The Morgan fingerprint density at radius 3 is 2.27 bits per heavy atom. The zero-order valence-corrected chi connectivity index (χ0v) is 24.4. The van der Waals surface area contributed by atoms with Crippen molar-refractivity contribution >= 4 is 23.3 Å². The Hall–Kier alpha value is -4.58. The Balaban J connectivity index is 1.55. The number of hydrogen-bond acceptors (Lipinski definition) is 5.